The van der Waals surface area contributed by atoms with Crippen LogP contribution in [0, 0.1) is 11.3 Å². The lowest BCUT2D eigenvalue weighted by Crippen LogP contribution is -2.54. The summed E-state index contributed by atoms with van der Waals surface area (Å²) < 4.78 is 0. The highest BCUT2D eigenvalue weighted by atomic mass is 16.7. The third kappa shape index (κ3) is 7.56. The third-order valence-corrected chi connectivity index (χ3v) is 7.42. The lowest BCUT2D eigenvalue weighted by Gasteiger charge is -2.28. The first-order valence-electron chi connectivity index (χ1n) is 14.0. The van der Waals surface area contributed by atoms with Gasteiger partial charge in [-0.15, -0.1) is 0 Å². The van der Waals surface area contributed by atoms with Gasteiger partial charge in [-0.05, 0) is 29.5 Å². The second-order valence-electron chi connectivity index (χ2n) is 10.9. The summed E-state index contributed by atoms with van der Waals surface area (Å²) in [5, 5.41) is 39.3. The van der Waals surface area contributed by atoms with Gasteiger partial charge in [-0.2, -0.15) is 0 Å². The van der Waals surface area contributed by atoms with Crippen LogP contribution >= 0.6 is 0 Å². The largest absolute Gasteiger partial charge is 0.504 e. The minimum atomic E-state index is -1.59. The molecular weight excluding hydrogens is 552 g/mol. The number of fused-ring (bicyclic) bond motifs is 1. The highest BCUT2D eigenvalue weighted by Gasteiger charge is 2.49. The van der Waals surface area contributed by atoms with Gasteiger partial charge in [-0.3, -0.25) is 14.4 Å². The number of para-hydroxylation sites is 1. The maximum atomic E-state index is 13.7. The van der Waals surface area contributed by atoms with Crippen molar-refractivity contribution in [3.8, 4) is 0 Å². The molecule has 2 aromatic carbocycles. The van der Waals surface area contributed by atoms with Crippen LogP contribution in [0.1, 0.15) is 44.2 Å². The van der Waals surface area contributed by atoms with Crippen LogP contribution in [0.25, 0.3) is 15.9 Å². The van der Waals surface area contributed by atoms with E-state index in [2.05, 4.69) is 25.7 Å². The topological polar surface area (TPSA) is 181 Å². The molecule has 0 fully saturated rings. The first-order valence-corrected chi connectivity index (χ1v) is 14.0. The van der Waals surface area contributed by atoms with Gasteiger partial charge in [0.2, 0.25) is 22.7 Å². The van der Waals surface area contributed by atoms with Gasteiger partial charge in [0.25, 0.3) is 5.91 Å². The predicted molar refractivity (Wildman–Crippen MR) is 159 cm³/mol. The summed E-state index contributed by atoms with van der Waals surface area (Å²) in [6.45, 7) is 3.85. The molecule has 0 radical (unpaired) electrons. The van der Waals surface area contributed by atoms with Crippen LogP contribution < -0.4 is 10.6 Å². The maximum absolute atomic E-state index is 13.7. The van der Waals surface area contributed by atoms with Crippen molar-refractivity contribution in [2.24, 2.45) is 11.1 Å². The van der Waals surface area contributed by atoms with E-state index in [1.54, 1.807) is 0 Å². The molecule has 43 heavy (non-hydrogen) atoms. The number of nitrogens with zero attached hydrogens (tertiary/aromatic N) is 3. The fraction of sp³-hybridized carbons (Fsp3) is 0.355. The van der Waals surface area contributed by atoms with Gasteiger partial charge in [0.1, 0.15) is 6.04 Å². The number of aromatic amines is 1. The van der Waals surface area contributed by atoms with Crippen LogP contribution in [0.4, 0.5) is 0 Å². The number of aliphatic hydroxyl groups is 1. The molecule has 12 nitrogen and oxygen atoms in total. The fourth-order valence-corrected chi connectivity index (χ4v) is 5.20. The van der Waals surface area contributed by atoms with Crippen LogP contribution in [-0.2, 0) is 32.1 Å². The Kier molecular flexibility index (Phi) is 9.77. The molecule has 0 spiro atoms. The zero-order valence-electron chi connectivity index (χ0n) is 24.0. The molecule has 224 valence electrons. The predicted octanol–water partition coefficient (Wildman–Crippen LogP) is 4.21. The number of amides is 2. The number of aryl methyl sites for hydroxylation is 1. The highest BCUT2D eigenvalue weighted by molar-refractivity contribution is 6.00. The lowest BCUT2D eigenvalue weighted by molar-refractivity contribution is -0.145. The standard InChI is InChI=1S/C31H34N6O6/c1-19(2)29(36-27(39)13-12-21-17-33-23-11-7-6-10-22(21)23)25-16-31(43-37-25,15-20-8-4-3-5-9-20)30(42)35-24(14-28(40)41)26(38)18-34-32/h3-11,17-19,24,29,33H,12-16H2,1-2H3,(H3-,35,36,38,39,40,41,42)/p+1/b26-18-/t24-,29-,31?/m0/s1. The van der Waals surface area contributed by atoms with Crippen LogP contribution in [0.2, 0.25) is 0 Å². The maximum Gasteiger partial charge on any atom is 0.389 e. The SMILES string of the molecule is CC(C)[C@H](NC(=O)CCc1c[nH]c2ccccc12)C1=NOC(Cc2ccccc2)(C(=O)N[C@@H](CC(=O)O)/C(O)=C/[N+]#N)C1. The number of hydrogen-bond donors (Lipinski definition) is 5. The first-order chi connectivity index (χ1) is 20.6. The smallest absolute Gasteiger partial charge is 0.389 e. The average molecular weight is 588 g/mol. The van der Waals surface area contributed by atoms with Gasteiger partial charge in [0.15, 0.2) is 4.98 Å². The number of diazo groups is 1. The molecule has 0 bridgehead atoms. The number of aliphatic carboxylic acids is 1. The van der Waals surface area contributed by atoms with Crippen molar-refractivity contribution < 1.29 is 29.4 Å². The molecule has 3 atom stereocenters. The summed E-state index contributed by atoms with van der Waals surface area (Å²) in [5.74, 6) is -2.92. The van der Waals surface area contributed by atoms with Crippen molar-refractivity contribution in [1.82, 2.24) is 15.6 Å². The van der Waals surface area contributed by atoms with Crippen molar-refractivity contribution >= 4 is 34.4 Å². The quantitative estimate of drug-likeness (QED) is 0.147. The van der Waals surface area contributed by atoms with E-state index in [0.29, 0.717) is 18.3 Å². The Bertz CT molecular complexity index is 1570. The Balaban J connectivity index is 1.51. The zero-order valence-corrected chi connectivity index (χ0v) is 24.0. The van der Waals surface area contributed by atoms with E-state index in [0.717, 1.165) is 22.0 Å². The number of oxime groups is 1. The van der Waals surface area contributed by atoms with E-state index >= 15 is 0 Å². The molecule has 1 aliphatic heterocycles. The highest BCUT2D eigenvalue weighted by Crippen LogP contribution is 2.32. The monoisotopic (exact) mass is 587 g/mol. The number of nitrogens with one attached hydrogen (secondary N) is 3. The third-order valence-electron chi connectivity index (χ3n) is 7.42. The van der Waals surface area contributed by atoms with E-state index in [9.17, 15) is 24.6 Å². The first kappa shape index (κ1) is 30.8. The number of carbonyl (C=O) groups is 3. The molecule has 2 heterocycles. The second-order valence-corrected chi connectivity index (χ2v) is 10.9. The molecule has 2 amide bonds. The Hall–Kier alpha value is -5.18. The van der Waals surface area contributed by atoms with E-state index in [1.807, 2.05) is 74.6 Å². The van der Waals surface area contributed by atoms with Crippen molar-refractivity contribution in [3.05, 3.63) is 88.9 Å². The van der Waals surface area contributed by atoms with Gasteiger partial charge in [-0.1, -0.05) is 67.5 Å². The number of hydrogen-bond acceptors (Lipinski definition) is 7. The molecule has 3 aromatic rings. The zero-order chi connectivity index (χ0) is 31.0. The number of carboxylic acids is 1. The molecule has 5 N–H and O–H groups in total. The number of aromatic nitrogens is 1. The summed E-state index contributed by atoms with van der Waals surface area (Å²) in [5.41, 5.74) is 1.67. The van der Waals surface area contributed by atoms with E-state index in [1.165, 1.54) is 0 Å². The van der Waals surface area contributed by atoms with E-state index < -0.39 is 41.7 Å². The van der Waals surface area contributed by atoms with Gasteiger partial charge < -0.3 is 30.7 Å². The number of carboxylic acid groups (broad SMARTS) is 1. The van der Waals surface area contributed by atoms with Gasteiger partial charge >= 0.3 is 12.2 Å². The number of H-pyrrole nitrogens is 1. The Labute approximate surface area is 248 Å². The fourth-order valence-electron chi connectivity index (χ4n) is 5.20. The van der Waals surface area contributed by atoms with Gasteiger partial charge in [-0.25, -0.2) is 0 Å². The van der Waals surface area contributed by atoms with Crippen LogP contribution in [0.15, 0.2) is 77.9 Å². The lowest BCUT2D eigenvalue weighted by atomic mass is 9.84. The average Bonchev–Trinajstić information content (AvgIpc) is 3.60. The molecule has 0 saturated carbocycles. The normalized spacial score (nSPS) is 17.9. The summed E-state index contributed by atoms with van der Waals surface area (Å²) in [6.07, 6.45) is 2.76. The number of benzene rings is 2. The minimum absolute atomic E-state index is 0.00788. The molecule has 4 rings (SSSR count). The Morgan fingerprint density at radius 1 is 1.12 bits per heavy atom. The molecule has 0 saturated heterocycles. The van der Waals surface area contributed by atoms with Crippen LogP contribution in [0.3, 0.4) is 0 Å². The van der Waals surface area contributed by atoms with Crippen molar-refractivity contribution in [3.63, 3.8) is 0 Å². The van der Waals surface area contributed by atoms with E-state index in [-0.39, 0.29) is 31.1 Å². The Morgan fingerprint density at radius 2 is 1.84 bits per heavy atom. The van der Waals surface area contributed by atoms with Crippen molar-refractivity contribution in [2.75, 3.05) is 0 Å². The van der Waals surface area contributed by atoms with Crippen molar-refractivity contribution in [1.29, 1.82) is 5.39 Å². The van der Waals surface area contributed by atoms with Crippen molar-refractivity contribution in [2.45, 2.75) is 63.6 Å². The molecule has 1 aromatic heterocycles. The minimum Gasteiger partial charge on any atom is -0.504 e. The summed E-state index contributed by atoms with van der Waals surface area (Å²) in [7, 11) is 0. The number of aliphatic hydroxyl groups excluding tert-OH is 1. The van der Waals surface area contributed by atoms with E-state index in [4.69, 9.17) is 10.2 Å². The molecule has 1 unspecified atom stereocenters. The number of carbonyl (C=O) groups excluding carboxylic acids is 2. The van der Waals surface area contributed by atoms with Crippen LogP contribution in [-0.4, -0.2) is 56.4 Å². The van der Waals surface area contributed by atoms with Gasteiger partial charge in [0.05, 0.1) is 18.2 Å². The molecular formula is C31H35N6O6+. The molecule has 1 aliphatic rings. The Morgan fingerprint density at radius 3 is 2.53 bits per heavy atom. The summed E-state index contributed by atoms with van der Waals surface area (Å²) in [6, 6.07) is 15.1. The van der Waals surface area contributed by atoms with Gasteiger partial charge in [0, 0.05) is 36.4 Å². The second kappa shape index (κ2) is 13.7. The molecule has 0 aliphatic carbocycles. The van der Waals surface area contributed by atoms with Crippen LogP contribution in [0.5, 0.6) is 0 Å². The number of rotatable bonds is 13. The summed E-state index contributed by atoms with van der Waals surface area (Å²) in [4.78, 5) is 50.1. The molecule has 12 heteroatoms. The summed E-state index contributed by atoms with van der Waals surface area (Å²) >= 11 is 0.